The predicted octanol–water partition coefficient (Wildman–Crippen LogP) is 2.93. The van der Waals surface area contributed by atoms with Crippen molar-refractivity contribution in [3.8, 4) is 0 Å². The van der Waals surface area contributed by atoms with E-state index in [1.165, 1.54) is 36.1 Å². The molecule has 2 heteroatoms. The lowest BCUT2D eigenvalue weighted by Crippen LogP contribution is -2.38. The van der Waals surface area contributed by atoms with Gasteiger partial charge in [-0.25, -0.2) is 0 Å². The zero-order valence-corrected chi connectivity index (χ0v) is 10.1. The minimum absolute atomic E-state index is 0.440. The molecule has 0 bridgehead atoms. The van der Waals surface area contributed by atoms with Gasteiger partial charge in [-0.05, 0) is 30.2 Å². The molecule has 1 aliphatic carbocycles. The van der Waals surface area contributed by atoms with Crippen LogP contribution in [0.1, 0.15) is 30.4 Å². The molecule has 0 unspecified atom stereocenters. The van der Waals surface area contributed by atoms with Gasteiger partial charge in [-0.1, -0.05) is 30.7 Å². The fourth-order valence-electron chi connectivity index (χ4n) is 2.59. The number of thioether (sulfide) groups is 1. The van der Waals surface area contributed by atoms with E-state index in [9.17, 15) is 0 Å². The molecule has 1 saturated carbocycles. The van der Waals surface area contributed by atoms with Gasteiger partial charge in [-0.15, -0.1) is 0 Å². The van der Waals surface area contributed by atoms with E-state index in [4.69, 9.17) is 5.73 Å². The summed E-state index contributed by atoms with van der Waals surface area (Å²) in [5.74, 6) is 1.24. The molecule has 15 heavy (non-hydrogen) atoms. The third kappa shape index (κ3) is 1.93. The molecular formula is C13H19NS. The van der Waals surface area contributed by atoms with Gasteiger partial charge in [0.05, 0.1) is 0 Å². The summed E-state index contributed by atoms with van der Waals surface area (Å²) in [5, 5.41) is 0. The van der Waals surface area contributed by atoms with Crippen molar-refractivity contribution in [3.63, 3.8) is 0 Å². The van der Waals surface area contributed by atoms with Crippen LogP contribution in [-0.4, -0.2) is 12.0 Å². The van der Waals surface area contributed by atoms with Gasteiger partial charge in [0.15, 0.2) is 0 Å². The summed E-state index contributed by atoms with van der Waals surface area (Å²) in [6.45, 7) is 0.673. The second-order valence-electron chi connectivity index (χ2n) is 4.43. The van der Waals surface area contributed by atoms with E-state index in [0.717, 1.165) is 0 Å². The fourth-order valence-corrected chi connectivity index (χ4v) is 3.58. The van der Waals surface area contributed by atoms with Crippen LogP contribution >= 0.6 is 11.8 Å². The van der Waals surface area contributed by atoms with E-state index in [-0.39, 0.29) is 0 Å². The highest BCUT2D eigenvalue weighted by molar-refractivity contribution is 7.98. The van der Waals surface area contributed by atoms with E-state index < -0.39 is 0 Å². The van der Waals surface area contributed by atoms with Crippen LogP contribution < -0.4 is 5.73 Å². The standard InChI is InChI=1S/C13H19NS/c1-15-10-13(7-4-8-13)12-6-3-2-5-11(12)9-14/h2-3,5-6H,4,7-10,14H2,1H3. The normalized spacial score (nSPS) is 18.5. The van der Waals surface area contributed by atoms with Crippen LogP contribution in [0, 0.1) is 0 Å². The Morgan fingerprint density at radius 1 is 1.33 bits per heavy atom. The summed E-state index contributed by atoms with van der Waals surface area (Å²) in [4.78, 5) is 0. The van der Waals surface area contributed by atoms with Crippen molar-refractivity contribution >= 4 is 11.8 Å². The predicted molar refractivity (Wildman–Crippen MR) is 68.2 cm³/mol. The summed E-state index contributed by atoms with van der Waals surface area (Å²) in [6.07, 6.45) is 6.25. The number of rotatable bonds is 4. The Labute approximate surface area is 96.4 Å². The molecule has 1 aromatic carbocycles. The molecule has 0 aliphatic heterocycles. The van der Waals surface area contributed by atoms with Gasteiger partial charge in [0, 0.05) is 17.7 Å². The molecule has 0 saturated heterocycles. The smallest absolute Gasteiger partial charge is 0.0181 e. The molecule has 1 fully saturated rings. The first-order chi connectivity index (χ1) is 7.32. The molecule has 2 rings (SSSR count). The number of benzene rings is 1. The van der Waals surface area contributed by atoms with Gasteiger partial charge in [0.1, 0.15) is 0 Å². The average molecular weight is 221 g/mol. The van der Waals surface area contributed by atoms with Crippen molar-refractivity contribution in [2.75, 3.05) is 12.0 Å². The van der Waals surface area contributed by atoms with Gasteiger partial charge in [0.25, 0.3) is 0 Å². The highest BCUT2D eigenvalue weighted by atomic mass is 32.2. The van der Waals surface area contributed by atoms with Crippen LogP contribution in [0.25, 0.3) is 0 Å². The van der Waals surface area contributed by atoms with Crippen molar-refractivity contribution in [2.24, 2.45) is 5.73 Å². The van der Waals surface area contributed by atoms with E-state index in [1.807, 2.05) is 11.8 Å². The summed E-state index contributed by atoms with van der Waals surface area (Å²) in [6, 6.07) is 8.69. The SMILES string of the molecule is CSCC1(c2ccccc2CN)CCC1. The van der Waals surface area contributed by atoms with Crippen molar-refractivity contribution in [1.82, 2.24) is 0 Å². The van der Waals surface area contributed by atoms with Crippen molar-refractivity contribution < 1.29 is 0 Å². The molecule has 0 atom stereocenters. The van der Waals surface area contributed by atoms with Crippen molar-refractivity contribution in [3.05, 3.63) is 35.4 Å². The van der Waals surface area contributed by atoms with Crippen LogP contribution in [-0.2, 0) is 12.0 Å². The van der Waals surface area contributed by atoms with Crippen molar-refractivity contribution in [2.45, 2.75) is 31.2 Å². The van der Waals surface area contributed by atoms with E-state index >= 15 is 0 Å². The summed E-state index contributed by atoms with van der Waals surface area (Å²) >= 11 is 1.96. The van der Waals surface area contributed by atoms with Crippen LogP contribution in [0.15, 0.2) is 24.3 Å². The van der Waals surface area contributed by atoms with Gasteiger partial charge >= 0.3 is 0 Å². The maximum absolute atomic E-state index is 5.82. The summed E-state index contributed by atoms with van der Waals surface area (Å²) in [7, 11) is 0. The van der Waals surface area contributed by atoms with Crippen molar-refractivity contribution in [1.29, 1.82) is 0 Å². The molecular weight excluding hydrogens is 202 g/mol. The third-order valence-electron chi connectivity index (χ3n) is 3.54. The molecule has 82 valence electrons. The number of hydrogen-bond donors (Lipinski definition) is 1. The highest BCUT2D eigenvalue weighted by Crippen LogP contribution is 2.46. The first-order valence-corrected chi connectivity index (χ1v) is 6.99. The molecule has 1 aliphatic rings. The first-order valence-electron chi connectivity index (χ1n) is 5.60. The second-order valence-corrected chi connectivity index (χ2v) is 5.29. The molecule has 2 N–H and O–H groups in total. The van der Waals surface area contributed by atoms with Crippen LogP contribution in [0.5, 0.6) is 0 Å². The Bertz CT molecular complexity index is 331. The topological polar surface area (TPSA) is 26.0 Å². The van der Waals surface area contributed by atoms with E-state index in [0.29, 0.717) is 12.0 Å². The molecule has 0 heterocycles. The molecule has 1 nitrogen and oxygen atoms in total. The monoisotopic (exact) mass is 221 g/mol. The molecule has 0 amide bonds. The maximum Gasteiger partial charge on any atom is 0.0181 e. The average Bonchev–Trinajstić information content (AvgIpc) is 2.23. The molecule has 0 aromatic heterocycles. The lowest BCUT2D eigenvalue weighted by atomic mass is 9.64. The molecule has 0 radical (unpaired) electrons. The fraction of sp³-hybridized carbons (Fsp3) is 0.538. The van der Waals surface area contributed by atoms with Gasteiger partial charge in [-0.3, -0.25) is 0 Å². The third-order valence-corrected chi connectivity index (χ3v) is 4.38. The Morgan fingerprint density at radius 3 is 2.60 bits per heavy atom. The lowest BCUT2D eigenvalue weighted by Gasteiger charge is -2.43. The Hall–Kier alpha value is -0.470. The van der Waals surface area contributed by atoms with Crippen LogP contribution in [0.4, 0.5) is 0 Å². The minimum atomic E-state index is 0.440. The molecule has 1 aromatic rings. The zero-order chi connectivity index (χ0) is 10.7. The molecule has 0 spiro atoms. The maximum atomic E-state index is 5.82. The summed E-state index contributed by atoms with van der Waals surface area (Å²) < 4.78 is 0. The van der Waals surface area contributed by atoms with E-state index in [1.54, 1.807) is 0 Å². The number of hydrogen-bond acceptors (Lipinski definition) is 2. The lowest BCUT2D eigenvalue weighted by molar-refractivity contribution is 0.277. The largest absolute Gasteiger partial charge is 0.326 e. The van der Waals surface area contributed by atoms with Gasteiger partial charge < -0.3 is 5.73 Å². The van der Waals surface area contributed by atoms with Crippen LogP contribution in [0.3, 0.4) is 0 Å². The number of nitrogens with two attached hydrogens (primary N) is 1. The summed E-state index contributed by atoms with van der Waals surface area (Å²) in [5.41, 5.74) is 9.10. The highest BCUT2D eigenvalue weighted by Gasteiger charge is 2.39. The van der Waals surface area contributed by atoms with E-state index in [2.05, 4.69) is 30.5 Å². The van der Waals surface area contributed by atoms with Crippen LogP contribution in [0.2, 0.25) is 0 Å². The Balaban J connectivity index is 2.33. The minimum Gasteiger partial charge on any atom is -0.326 e. The zero-order valence-electron chi connectivity index (χ0n) is 9.33. The first kappa shape index (κ1) is 11.0. The Morgan fingerprint density at radius 2 is 2.07 bits per heavy atom. The quantitative estimate of drug-likeness (QED) is 0.846. The Kier molecular flexibility index (Phi) is 3.37. The van der Waals surface area contributed by atoms with Gasteiger partial charge in [0.2, 0.25) is 0 Å². The van der Waals surface area contributed by atoms with Gasteiger partial charge in [-0.2, -0.15) is 11.8 Å². The second kappa shape index (κ2) is 4.58.